The van der Waals surface area contributed by atoms with Gasteiger partial charge in [-0.05, 0) is 25.1 Å². The number of methoxy groups -OCH3 is 1. The second kappa shape index (κ2) is 6.99. The van der Waals surface area contributed by atoms with E-state index in [0.29, 0.717) is 4.47 Å². The van der Waals surface area contributed by atoms with Gasteiger partial charge in [0.15, 0.2) is 6.10 Å². The van der Waals surface area contributed by atoms with Crippen molar-refractivity contribution in [3.8, 4) is 0 Å². The van der Waals surface area contributed by atoms with E-state index in [-0.39, 0.29) is 5.56 Å². The zero-order valence-electron chi connectivity index (χ0n) is 10.6. The Morgan fingerprint density at radius 2 is 2.00 bits per heavy atom. The number of rotatable bonds is 3. The van der Waals surface area contributed by atoms with E-state index in [1.54, 1.807) is 0 Å². The van der Waals surface area contributed by atoms with Gasteiger partial charge in [-0.15, -0.1) is 0 Å². The Bertz CT molecular complexity index is 549. The van der Waals surface area contributed by atoms with Gasteiger partial charge in [0.1, 0.15) is 5.82 Å². The van der Waals surface area contributed by atoms with Gasteiger partial charge in [0.2, 0.25) is 0 Å². The molecule has 0 aromatic heterocycles. The molecule has 0 aliphatic rings. The van der Waals surface area contributed by atoms with Crippen LogP contribution in [-0.4, -0.2) is 31.2 Å². The predicted molar refractivity (Wildman–Crippen MR) is 69.5 cm³/mol. The van der Waals surface area contributed by atoms with Crippen LogP contribution in [0.5, 0.6) is 0 Å². The highest BCUT2D eigenvalue weighted by Crippen LogP contribution is 2.16. The van der Waals surface area contributed by atoms with Crippen LogP contribution in [0.4, 0.5) is 9.18 Å². The number of alkyl carbamates (subject to hydrolysis) is 1. The molecule has 1 N–H and O–H groups in total. The summed E-state index contributed by atoms with van der Waals surface area (Å²) < 4.78 is 22.9. The van der Waals surface area contributed by atoms with Gasteiger partial charge >= 0.3 is 12.1 Å². The monoisotopic (exact) mass is 347 g/mol. The highest BCUT2D eigenvalue weighted by atomic mass is 79.9. The molecule has 0 aliphatic heterocycles. The maximum atomic E-state index is 13.5. The quantitative estimate of drug-likeness (QED) is 0.846. The summed E-state index contributed by atoms with van der Waals surface area (Å²) in [7, 11) is 1.08. The lowest BCUT2D eigenvalue weighted by Gasteiger charge is -2.12. The van der Waals surface area contributed by atoms with Crippen LogP contribution in [0, 0.1) is 5.82 Å². The molecule has 2 amide bonds. The van der Waals surface area contributed by atoms with Crippen molar-refractivity contribution in [1.29, 1.82) is 0 Å². The summed E-state index contributed by atoms with van der Waals surface area (Å²) in [4.78, 5) is 33.9. The van der Waals surface area contributed by atoms with E-state index < -0.39 is 29.9 Å². The number of ether oxygens (including phenoxy) is 2. The van der Waals surface area contributed by atoms with Gasteiger partial charge < -0.3 is 9.47 Å². The number of hydrogen-bond acceptors (Lipinski definition) is 5. The second-order valence-electron chi connectivity index (χ2n) is 3.65. The standard InChI is InChI=1S/C12H11BrFNO5/c1-6(10(16)15-12(18)19-2)20-11(17)8-4-3-7(13)5-9(8)14/h3-6H,1-2H3,(H,15,16,18)/t6-/m0/s1. The largest absolute Gasteiger partial charge is 0.453 e. The molecule has 0 unspecified atom stereocenters. The molecule has 1 aromatic carbocycles. The van der Waals surface area contributed by atoms with E-state index in [1.807, 2.05) is 5.32 Å². The van der Waals surface area contributed by atoms with Gasteiger partial charge in [-0.3, -0.25) is 10.1 Å². The average molecular weight is 348 g/mol. The van der Waals surface area contributed by atoms with E-state index in [4.69, 9.17) is 4.74 Å². The van der Waals surface area contributed by atoms with Crippen molar-refractivity contribution < 1.29 is 28.2 Å². The maximum absolute atomic E-state index is 13.5. The van der Waals surface area contributed by atoms with E-state index in [9.17, 15) is 18.8 Å². The first-order chi connectivity index (χ1) is 9.35. The van der Waals surface area contributed by atoms with Crippen molar-refractivity contribution >= 4 is 33.9 Å². The number of esters is 1. The molecule has 108 valence electrons. The number of benzene rings is 1. The third kappa shape index (κ3) is 4.30. The summed E-state index contributed by atoms with van der Waals surface area (Å²) in [6, 6.07) is 3.77. The van der Waals surface area contributed by atoms with Gasteiger partial charge in [-0.1, -0.05) is 15.9 Å². The van der Waals surface area contributed by atoms with Gasteiger partial charge in [0, 0.05) is 4.47 Å². The summed E-state index contributed by atoms with van der Waals surface area (Å²) in [5.41, 5.74) is -0.314. The molecule has 8 heteroatoms. The number of hydrogen-bond donors (Lipinski definition) is 1. The summed E-state index contributed by atoms with van der Waals surface area (Å²) in [6.07, 6.45) is -2.25. The number of nitrogens with one attached hydrogen (secondary N) is 1. The SMILES string of the molecule is COC(=O)NC(=O)[C@H](C)OC(=O)c1ccc(Br)cc1F. The van der Waals surface area contributed by atoms with Gasteiger partial charge in [0.25, 0.3) is 5.91 Å². The Kier molecular flexibility index (Phi) is 5.63. The molecule has 6 nitrogen and oxygen atoms in total. The fourth-order valence-corrected chi connectivity index (χ4v) is 1.52. The van der Waals surface area contributed by atoms with Crippen molar-refractivity contribution in [2.75, 3.05) is 7.11 Å². The summed E-state index contributed by atoms with van der Waals surface area (Å²) in [6.45, 7) is 1.24. The minimum Gasteiger partial charge on any atom is -0.453 e. The smallest absolute Gasteiger partial charge is 0.413 e. The van der Waals surface area contributed by atoms with Gasteiger partial charge in [-0.25, -0.2) is 14.0 Å². The maximum Gasteiger partial charge on any atom is 0.413 e. The molecule has 0 aliphatic carbocycles. The summed E-state index contributed by atoms with van der Waals surface area (Å²) in [5, 5.41) is 1.83. The molecule has 0 bridgehead atoms. The highest BCUT2D eigenvalue weighted by Gasteiger charge is 2.22. The van der Waals surface area contributed by atoms with Crippen LogP contribution in [-0.2, 0) is 14.3 Å². The van der Waals surface area contributed by atoms with Crippen molar-refractivity contribution in [2.24, 2.45) is 0 Å². The van der Waals surface area contributed by atoms with E-state index >= 15 is 0 Å². The molecule has 0 saturated carbocycles. The molecule has 0 heterocycles. The molecule has 20 heavy (non-hydrogen) atoms. The molecule has 1 atom stereocenters. The topological polar surface area (TPSA) is 81.7 Å². The van der Waals surface area contributed by atoms with Crippen LogP contribution in [0.2, 0.25) is 0 Å². The normalized spacial score (nSPS) is 11.4. The lowest BCUT2D eigenvalue weighted by molar-refractivity contribution is -0.128. The number of imide groups is 1. The average Bonchev–Trinajstić information content (AvgIpc) is 2.37. The van der Waals surface area contributed by atoms with Crippen molar-refractivity contribution in [3.63, 3.8) is 0 Å². The van der Waals surface area contributed by atoms with Crippen LogP contribution >= 0.6 is 15.9 Å². The Labute approximate surface area is 122 Å². The van der Waals surface area contributed by atoms with Crippen LogP contribution in [0.1, 0.15) is 17.3 Å². The first-order valence-electron chi connectivity index (χ1n) is 5.40. The third-order valence-electron chi connectivity index (χ3n) is 2.21. The molecular formula is C12H11BrFNO5. The lowest BCUT2D eigenvalue weighted by atomic mass is 10.2. The Hall–Kier alpha value is -1.96. The molecular weight excluding hydrogens is 337 g/mol. The first-order valence-corrected chi connectivity index (χ1v) is 6.19. The fraction of sp³-hybridized carbons (Fsp3) is 0.250. The van der Waals surface area contributed by atoms with Crippen molar-refractivity contribution in [1.82, 2.24) is 5.32 Å². The minimum absolute atomic E-state index is 0.314. The van der Waals surface area contributed by atoms with Crippen LogP contribution < -0.4 is 5.32 Å². The molecule has 0 fully saturated rings. The first kappa shape index (κ1) is 16.1. The number of amides is 2. The van der Waals surface area contributed by atoms with Crippen LogP contribution in [0.25, 0.3) is 0 Å². The van der Waals surface area contributed by atoms with Crippen LogP contribution in [0.15, 0.2) is 22.7 Å². The summed E-state index contributed by atoms with van der Waals surface area (Å²) >= 11 is 3.05. The molecule has 1 aromatic rings. The highest BCUT2D eigenvalue weighted by molar-refractivity contribution is 9.10. The van der Waals surface area contributed by atoms with Gasteiger partial charge in [0.05, 0.1) is 12.7 Å². The predicted octanol–water partition coefficient (Wildman–Crippen LogP) is 2.02. The van der Waals surface area contributed by atoms with Crippen molar-refractivity contribution in [3.05, 3.63) is 34.1 Å². The lowest BCUT2D eigenvalue weighted by Crippen LogP contribution is -2.39. The van der Waals surface area contributed by atoms with Crippen LogP contribution in [0.3, 0.4) is 0 Å². The van der Waals surface area contributed by atoms with E-state index in [0.717, 1.165) is 13.2 Å². The molecule has 1 rings (SSSR count). The Morgan fingerprint density at radius 3 is 2.55 bits per heavy atom. The Morgan fingerprint density at radius 1 is 1.35 bits per heavy atom. The number of halogens is 2. The third-order valence-corrected chi connectivity index (χ3v) is 2.71. The molecule has 0 saturated heterocycles. The van der Waals surface area contributed by atoms with Gasteiger partial charge in [-0.2, -0.15) is 0 Å². The number of carbonyl (C=O) groups excluding carboxylic acids is 3. The fourth-order valence-electron chi connectivity index (χ4n) is 1.19. The zero-order chi connectivity index (χ0) is 15.3. The number of carbonyl (C=O) groups is 3. The minimum atomic E-state index is -1.27. The summed E-state index contributed by atoms with van der Waals surface area (Å²) in [5.74, 6) is -2.67. The second-order valence-corrected chi connectivity index (χ2v) is 4.57. The zero-order valence-corrected chi connectivity index (χ0v) is 12.2. The Balaban J connectivity index is 2.70. The molecule has 0 radical (unpaired) electrons. The van der Waals surface area contributed by atoms with E-state index in [1.165, 1.54) is 19.1 Å². The van der Waals surface area contributed by atoms with Crippen molar-refractivity contribution in [2.45, 2.75) is 13.0 Å². The molecule has 0 spiro atoms. The van der Waals surface area contributed by atoms with E-state index in [2.05, 4.69) is 20.7 Å².